The molecule has 3 aromatic rings. The van der Waals surface area contributed by atoms with Crippen LogP contribution in [0.5, 0.6) is 0 Å². The van der Waals surface area contributed by atoms with Crippen LogP contribution in [0.15, 0.2) is 41.8 Å². The summed E-state index contributed by atoms with van der Waals surface area (Å²) in [6, 6.07) is 11.1. The number of hydrogen-bond donors (Lipinski definition) is 1. The number of thiophene rings is 1. The molecule has 0 fully saturated rings. The van der Waals surface area contributed by atoms with Gasteiger partial charge in [0.2, 0.25) is 5.01 Å². The fourth-order valence-electron chi connectivity index (χ4n) is 2.01. The number of ether oxygens (including phenoxy) is 1. The third-order valence-corrected chi connectivity index (χ3v) is 5.08. The van der Waals surface area contributed by atoms with E-state index in [4.69, 9.17) is 4.74 Å². The zero-order chi connectivity index (χ0) is 17.6. The molecular weight excluding hydrogens is 358 g/mol. The highest BCUT2D eigenvalue weighted by Crippen LogP contribution is 2.16. The lowest BCUT2D eigenvalue weighted by atomic mass is 10.1. The van der Waals surface area contributed by atoms with Crippen molar-refractivity contribution in [2.45, 2.75) is 20.0 Å². The predicted octanol–water partition coefficient (Wildman–Crippen LogP) is 3.77. The van der Waals surface area contributed by atoms with Gasteiger partial charge in [0, 0.05) is 5.69 Å². The summed E-state index contributed by atoms with van der Waals surface area (Å²) in [6.45, 7) is 2.06. The Balaban J connectivity index is 1.56. The van der Waals surface area contributed by atoms with Crippen molar-refractivity contribution in [1.29, 1.82) is 0 Å². The predicted molar refractivity (Wildman–Crippen MR) is 97.1 cm³/mol. The number of benzene rings is 1. The molecule has 0 bridgehead atoms. The van der Waals surface area contributed by atoms with E-state index in [2.05, 4.69) is 22.4 Å². The summed E-state index contributed by atoms with van der Waals surface area (Å²) in [5.74, 6) is -0.746. The summed E-state index contributed by atoms with van der Waals surface area (Å²) in [4.78, 5) is 24.5. The maximum Gasteiger partial charge on any atom is 0.348 e. The summed E-state index contributed by atoms with van der Waals surface area (Å²) in [5.41, 5.74) is 1.90. The second kappa shape index (κ2) is 8.00. The molecule has 1 aromatic carbocycles. The van der Waals surface area contributed by atoms with Crippen molar-refractivity contribution in [3.63, 3.8) is 0 Å². The van der Waals surface area contributed by atoms with Crippen molar-refractivity contribution in [2.24, 2.45) is 0 Å². The molecule has 2 heterocycles. The van der Waals surface area contributed by atoms with E-state index in [1.165, 1.54) is 16.9 Å². The van der Waals surface area contributed by atoms with Crippen LogP contribution in [0.4, 0.5) is 5.69 Å². The molecule has 0 aliphatic rings. The Bertz CT molecular complexity index is 858. The number of nitrogens with zero attached hydrogens (tertiary/aromatic N) is 2. The minimum Gasteiger partial charge on any atom is -0.454 e. The van der Waals surface area contributed by atoms with Crippen LogP contribution in [0.25, 0.3) is 0 Å². The maximum absolute atomic E-state index is 12.2. The van der Waals surface area contributed by atoms with Gasteiger partial charge in [-0.15, -0.1) is 21.5 Å². The van der Waals surface area contributed by atoms with Gasteiger partial charge in [0.1, 0.15) is 11.5 Å². The molecule has 1 N–H and O–H groups in total. The number of nitrogens with one attached hydrogen (secondary N) is 1. The minimum absolute atomic E-state index is 0.00707. The van der Waals surface area contributed by atoms with Crippen molar-refractivity contribution < 1.29 is 14.3 Å². The molecule has 8 heteroatoms. The Morgan fingerprint density at radius 3 is 2.64 bits per heavy atom. The number of carbonyl (C=O) groups excluding carboxylic acids is 2. The van der Waals surface area contributed by atoms with Crippen LogP contribution in [0.2, 0.25) is 0 Å². The lowest BCUT2D eigenvalue weighted by Gasteiger charge is -2.03. The molecule has 3 rings (SSSR count). The molecule has 6 nitrogen and oxygen atoms in total. The van der Waals surface area contributed by atoms with Crippen LogP contribution in [-0.2, 0) is 17.8 Å². The Morgan fingerprint density at radius 1 is 1.16 bits per heavy atom. The van der Waals surface area contributed by atoms with Crippen molar-refractivity contribution in [3.8, 4) is 0 Å². The normalized spacial score (nSPS) is 10.4. The molecular formula is C17H15N3O3S2. The number of hydrogen-bond acceptors (Lipinski definition) is 7. The molecule has 25 heavy (non-hydrogen) atoms. The maximum atomic E-state index is 12.2. The number of aromatic nitrogens is 2. The third kappa shape index (κ3) is 4.49. The highest BCUT2D eigenvalue weighted by Gasteiger charge is 2.15. The Morgan fingerprint density at radius 2 is 1.96 bits per heavy atom. The van der Waals surface area contributed by atoms with Crippen LogP contribution < -0.4 is 5.32 Å². The highest BCUT2D eigenvalue weighted by atomic mass is 32.1. The van der Waals surface area contributed by atoms with Gasteiger partial charge in [-0.05, 0) is 35.6 Å². The molecule has 0 aliphatic heterocycles. The highest BCUT2D eigenvalue weighted by molar-refractivity contribution is 7.13. The van der Waals surface area contributed by atoms with E-state index in [1.807, 2.05) is 24.3 Å². The Labute approximate surface area is 152 Å². The molecule has 0 aliphatic carbocycles. The molecule has 128 valence electrons. The van der Waals surface area contributed by atoms with Gasteiger partial charge in [-0.25, -0.2) is 4.79 Å². The van der Waals surface area contributed by atoms with Crippen LogP contribution in [0, 0.1) is 0 Å². The van der Waals surface area contributed by atoms with Crippen LogP contribution >= 0.6 is 22.7 Å². The standard InChI is InChI=1S/C17H15N3O3S2/c1-2-11-5-7-12(8-6-11)18-15(21)16-20-19-14(25-16)10-23-17(22)13-4-3-9-24-13/h3-9H,2,10H2,1H3,(H,18,21). The number of esters is 1. The fraction of sp³-hybridized carbons (Fsp3) is 0.176. The van der Waals surface area contributed by atoms with Gasteiger partial charge in [-0.2, -0.15) is 0 Å². The van der Waals surface area contributed by atoms with Crippen LogP contribution in [0.3, 0.4) is 0 Å². The Hall–Kier alpha value is -2.58. The van der Waals surface area contributed by atoms with Gasteiger partial charge in [-0.1, -0.05) is 36.5 Å². The van der Waals surface area contributed by atoms with E-state index in [9.17, 15) is 9.59 Å². The summed E-state index contributed by atoms with van der Waals surface area (Å²) in [7, 11) is 0. The number of rotatable bonds is 6. The van der Waals surface area contributed by atoms with E-state index in [1.54, 1.807) is 17.5 Å². The molecule has 0 unspecified atom stereocenters. The topological polar surface area (TPSA) is 81.2 Å². The summed E-state index contributed by atoms with van der Waals surface area (Å²) < 4.78 is 5.16. The molecule has 0 saturated heterocycles. The fourth-order valence-corrected chi connectivity index (χ4v) is 3.27. The van der Waals surface area contributed by atoms with Gasteiger partial charge in [0.25, 0.3) is 5.91 Å². The molecule has 1 amide bonds. The first-order valence-electron chi connectivity index (χ1n) is 7.59. The quantitative estimate of drug-likeness (QED) is 0.665. The second-order valence-electron chi connectivity index (χ2n) is 5.06. The first-order valence-corrected chi connectivity index (χ1v) is 9.28. The van der Waals surface area contributed by atoms with E-state index in [-0.39, 0.29) is 17.5 Å². The number of aryl methyl sites for hydroxylation is 1. The van der Waals surface area contributed by atoms with Gasteiger partial charge in [0.05, 0.1) is 0 Å². The van der Waals surface area contributed by atoms with Gasteiger partial charge in [-0.3, -0.25) is 4.79 Å². The van der Waals surface area contributed by atoms with E-state index >= 15 is 0 Å². The van der Waals surface area contributed by atoms with E-state index in [0.717, 1.165) is 17.8 Å². The zero-order valence-corrected chi connectivity index (χ0v) is 15.0. The van der Waals surface area contributed by atoms with Gasteiger partial charge in [0.15, 0.2) is 5.01 Å². The van der Waals surface area contributed by atoms with Gasteiger partial charge < -0.3 is 10.1 Å². The number of amides is 1. The van der Waals surface area contributed by atoms with Crippen LogP contribution in [-0.4, -0.2) is 22.1 Å². The molecule has 2 aromatic heterocycles. The average Bonchev–Trinajstić information content (AvgIpc) is 3.32. The molecule has 0 spiro atoms. The summed E-state index contributed by atoms with van der Waals surface area (Å²) in [5, 5.41) is 13.0. The Kier molecular flexibility index (Phi) is 5.52. The monoisotopic (exact) mass is 373 g/mol. The van der Waals surface area contributed by atoms with Crippen LogP contribution in [0.1, 0.15) is 37.0 Å². The largest absolute Gasteiger partial charge is 0.454 e. The molecule has 0 atom stereocenters. The summed E-state index contributed by atoms with van der Waals surface area (Å²) in [6.07, 6.45) is 0.943. The number of anilines is 1. The molecule has 0 radical (unpaired) electrons. The van der Waals surface area contributed by atoms with Crippen molar-refractivity contribution in [3.05, 3.63) is 62.2 Å². The van der Waals surface area contributed by atoms with E-state index in [0.29, 0.717) is 15.6 Å². The SMILES string of the molecule is CCc1ccc(NC(=O)c2nnc(COC(=O)c3cccs3)s2)cc1. The van der Waals surface area contributed by atoms with E-state index < -0.39 is 5.97 Å². The second-order valence-corrected chi connectivity index (χ2v) is 7.07. The third-order valence-electron chi connectivity index (χ3n) is 3.33. The average molecular weight is 373 g/mol. The minimum atomic E-state index is -0.410. The zero-order valence-electron chi connectivity index (χ0n) is 13.4. The number of carbonyl (C=O) groups is 2. The smallest absolute Gasteiger partial charge is 0.348 e. The first kappa shape index (κ1) is 17.2. The first-order chi connectivity index (χ1) is 12.2. The van der Waals surface area contributed by atoms with Crippen molar-refractivity contribution in [2.75, 3.05) is 5.32 Å². The van der Waals surface area contributed by atoms with Crippen molar-refractivity contribution in [1.82, 2.24) is 10.2 Å². The van der Waals surface area contributed by atoms with Crippen molar-refractivity contribution >= 4 is 40.2 Å². The lowest BCUT2D eigenvalue weighted by Crippen LogP contribution is -2.11. The molecule has 0 saturated carbocycles. The lowest BCUT2D eigenvalue weighted by molar-refractivity contribution is 0.0477. The van der Waals surface area contributed by atoms with Gasteiger partial charge >= 0.3 is 5.97 Å². The summed E-state index contributed by atoms with van der Waals surface area (Å²) >= 11 is 2.41.